The van der Waals surface area contributed by atoms with Crippen molar-refractivity contribution in [3.63, 3.8) is 0 Å². The van der Waals surface area contributed by atoms with Gasteiger partial charge >= 0.3 is 0 Å². The van der Waals surface area contributed by atoms with E-state index in [0.717, 1.165) is 21.7 Å². The summed E-state index contributed by atoms with van der Waals surface area (Å²) in [6.45, 7) is 5.76. The minimum absolute atomic E-state index is 0.846. The molecule has 0 aromatic heterocycles. The molecule has 1 nitrogen and oxygen atoms in total. The third-order valence-electron chi connectivity index (χ3n) is 1.91. The van der Waals surface area contributed by atoms with E-state index in [-0.39, 0.29) is 0 Å². The van der Waals surface area contributed by atoms with Crippen LogP contribution in [0.15, 0.2) is 35.3 Å². The second-order valence-corrected chi connectivity index (χ2v) is 3.50. The molecule has 0 N–H and O–H groups in total. The van der Waals surface area contributed by atoms with E-state index in [1.54, 1.807) is 7.11 Å². The maximum Gasteiger partial charge on any atom is 0.133 e. The normalized spacial score (nSPS) is 10.2. The predicted molar refractivity (Wildman–Crippen MR) is 58.9 cm³/mol. The highest BCUT2D eigenvalue weighted by Crippen LogP contribution is 2.32. The molecule has 0 spiro atoms. The van der Waals surface area contributed by atoms with Crippen molar-refractivity contribution >= 4 is 15.9 Å². The first-order valence-corrected chi connectivity index (χ1v) is 4.79. The maximum atomic E-state index is 5.19. The lowest BCUT2D eigenvalue weighted by atomic mass is 10.0. The Balaban J connectivity index is 3.14. The zero-order chi connectivity index (χ0) is 9.84. The van der Waals surface area contributed by atoms with Gasteiger partial charge in [0.1, 0.15) is 5.75 Å². The predicted octanol–water partition coefficient (Wildman–Crippen LogP) is 3.59. The quantitative estimate of drug-likeness (QED) is 0.784. The highest BCUT2D eigenvalue weighted by atomic mass is 79.9. The molecule has 69 valence electrons. The lowest BCUT2D eigenvalue weighted by molar-refractivity contribution is 0.411. The van der Waals surface area contributed by atoms with Gasteiger partial charge in [0.05, 0.1) is 11.6 Å². The van der Waals surface area contributed by atoms with Crippen molar-refractivity contribution in [2.75, 3.05) is 7.11 Å². The van der Waals surface area contributed by atoms with Gasteiger partial charge in [-0.2, -0.15) is 0 Å². The van der Waals surface area contributed by atoms with Crippen LogP contribution in [0.3, 0.4) is 0 Å². The molecule has 0 saturated carbocycles. The Labute approximate surface area is 87.5 Å². The first kappa shape index (κ1) is 10.3. The molecule has 1 radical (unpaired) electrons. The molecule has 1 aromatic carbocycles. The van der Waals surface area contributed by atoms with Gasteiger partial charge in [0.25, 0.3) is 0 Å². The third-order valence-corrected chi connectivity index (χ3v) is 2.73. The van der Waals surface area contributed by atoms with Gasteiger partial charge in [0.15, 0.2) is 0 Å². The van der Waals surface area contributed by atoms with Crippen molar-refractivity contribution in [2.24, 2.45) is 0 Å². The number of hydrogen-bond acceptors (Lipinski definition) is 1. The Morgan fingerprint density at radius 2 is 2.23 bits per heavy atom. The molecule has 0 aliphatic carbocycles. The first-order chi connectivity index (χ1) is 6.20. The summed E-state index contributed by atoms with van der Waals surface area (Å²) in [6.07, 6.45) is 1.83. The van der Waals surface area contributed by atoms with E-state index in [9.17, 15) is 0 Å². The monoisotopic (exact) mass is 239 g/mol. The summed E-state index contributed by atoms with van der Waals surface area (Å²) in [4.78, 5) is 0. The summed E-state index contributed by atoms with van der Waals surface area (Å²) >= 11 is 3.49. The molecule has 1 rings (SSSR count). The van der Waals surface area contributed by atoms with Crippen LogP contribution in [0, 0.1) is 5.92 Å². The van der Waals surface area contributed by atoms with E-state index in [2.05, 4.69) is 22.5 Å². The minimum atomic E-state index is 0.846. The van der Waals surface area contributed by atoms with Crippen molar-refractivity contribution in [1.82, 2.24) is 0 Å². The molecule has 0 atom stereocenters. The Morgan fingerprint density at radius 1 is 1.54 bits per heavy atom. The molecule has 0 aliphatic rings. The fraction of sp³-hybridized carbons (Fsp3) is 0.182. The van der Waals surface area contributed by atoms with Crippen molar-refractivity contribution in [3.05, 3.63) is 46.8 Å². The number of ether oxygens (including phenoxy) is 1. The number of rotatable bonds is 3. The van der Waals surface area contributed by atoms with Crippen LogP contribution in [0.1, 0.15) is 12.5 Å². The van der Waals surface area contributed by atoms with Crippen molar-refractivity contribution in [2.45, 2.75) is 6.92 Å². The van der Waals surface area contributed by atoms with E-state index >= 15 is 0 Å². The van der Waals surface area contributed by atoms with Crippen LogP contribution in [0.4, 0.5) is 0 Å². The van der Waals surface area contributed by atoms with Gasteiger partial charge in [-0.15, -0.1) is 6.58 Å². The summed E-state index contributed by atoms with van der Waals surface area (Å²) in [5.41, 5.74) is 1.12. The summed E-state index contributed by atoms with van der Waals surface area (Å²) < 4.78 is 6.17. The lowest BCUT2D eigenvalue weighted by Crippen LogP contribution is -1.93. The van der Waals surface area contributed by atoms with E-state index in [0.29, 0.717) is 0 Å². The van der Waals surface area contributed by atoms with Gasteiger partial charge in [-0.1, -0.05) is 25.1 Å². The average molecular weight is 240 g/mol. The Kier molecular flexibility index (Phi) is 3.55. The van der Waals surface area contributed by atoms with Crippen LogP contribution in [-0.4, -0.2) is 7.11 Å². The van der Waals surface area contributed by atoms with E-state index < -0.39 is 0 Å². The second-order valence-electron chi connectivity index (χ2n) is 2.71. The molecule has 0 fully saturated rings. The molecule has 2 heteroatoms. The van der Waals surface area contributed by atoms with Gasteiger partial charge in [-0.3, -0.25) is 0 Å². The Morgan fingerprint density at radius 3 is 2.77 bits per heavy atom. The van der Waals surface area contributed by atoms with Crippen molar-refractivity contribution in [1.29, 1.82) is 0 Å². The zero-order valence-electron chi connectivity index (χ0n) is 7.80. The van der Waals surface area contributed by atoms with E-state index in [1.165, 1.54) is 0 Å². The molecule has 0 saturated heterocycles. The topological polar surface area (TPSA) is 9.23 Å². The summed E-state index contributed by atoms with van der Waals surface area (Å²) in [5, 5.41) is 0. The molecular formula is C11H12BrO. The number of allylic oxidation sites excluding steroid dienone is 1. The smallest absolute Gasteiger partial charge is 0.133 e. The molecule has 0 heterocycles. The SMILES string of the molecule is C=C[C](C)c1cccc(OC)c1Br. The fourth-order valence-electron chi connectivity index (χ4n) is 1.08. The van der Waals surface area contributed by atoms with Gasteiger partial charge in [-0.05, 0) is 27.6 Å². The first-order valence-electron chi connectivity index (χ1n) is 3.99. The van der Waals surface area contributed by atoms with Crippen molar-refractivity contribution < 1.29 is 4.74 Å². The molecule has 1 aromatic rings. The molecular weight excluding hydrogens is 228 g/mol. The van der Waals surface area contributed by atoms with Crippen LogP contribution >= 0.6 is 15.9 Å². The van der Waals surface area contributed by atoms with Crippen LogP contribution in [0.2, 0.25) is 0 Å². The van der Waals surface area contributed by atoms with E-state index in [4.69, 9.17) is 4.74 Å². The number of methoxy groups -OCH3 is 1. The molecule has 13 heavy (non-hydrogen) atoms. The minimum Gasteiger partial charge on any atom is -0.496 e. The summed E-state index contributed by atoms with van der Waals surface area (Å²) in [7, 11) is 1.66. The van der Waals surface area contributed by atoms with Crippen LogP contribution in [-0.2, 0) is 0 Å². The van der Waals surface area contributed by atoms with Gasteiger partial charge in [-0.25, -0.2) is 0 Å². The molecule has 0 aliphatic heterocycles. The molecule has 0 unspecified atom stereocenters. The number of hydrogen-bond donors (Lipinski definition) is 0. The van der Waals surface area contributed by atoms with E-state index in [1.807, 2.05) is 31.2 Å². The van der Waals surface area contributed by atoms with Crippen LogP contribution in [0.25, 0.3) is 0 Å². The summed E-state index contributed by atoms with van der Waals surface area (Å²) in [5.74, 6) is 1.98. The zero-order valence-corrected chi connectivity index (χ0v) is 9.39. The highest BCUT2D eigenvalue weighted by molar-refractivity contribution is 9.10. The summed E-state index contributed by atoms with van der Waals surface area (Å²) in [6, 6.07) is 5.92. The standard InChI is InChI=1S/C11H12BrO/c1-4-8(2)9-6-5-7-10(13-3)11(9)12/h4-7H,1H2,2-3H3. The Bertz CT molecular complexity index is 307. The van der Waals surface area contributed by atoms with Gasteiger partial charge in [0, 0.05) is 5.92 Å². The third kappa shape index (κ3) is 2.13. The number of halogens is 1. The average Bonchev–Trinajstić information content (AvgIpc) is 2.17. The van der Waals surface area contributed by atoms with Crippen LogP contribution < -0.4 is 4.74 Å². The maximum absolute atomic E-state index is 5.19. The number of benzene rings is 1. The fourth-order valence-corrected chi connectivity index (χ4v) is 1.82. The van der Waals surface area contributed by atoms with Crippen LogP contribution in [0.5, 0.6) is 5.75 Å². The van der Waals surface area contributed by atoms with Gasteiger partial charge in [0.2, 0.25) is 0 Å². The van der Waals surface area contributed by atoms with Gasteiger partial charge < -0.3 is 4.74 Å². The second kappa shape index (κ2) is 4.47. The molecule has 0 amide bonds. The highest BCUT2D eigenvalue weighted by Gasteiger charge is 2.09. The van der Waals surface area contributed by atoms with Crippen molar-refractivity contribution in [3.8, 4) is 5.75 Å². The Hall–Kier alpha value is -0.760. The lowest BCUT2D eigenvalue weighted by Gasteiger charge is -2.11. The molecule has 0 bridgehead atoms. The largest absolute Gasteiger partial charge is 0.496 e.